The summed E-state index contributed by atoms with van der Waals surface area (Å²) in [5.41, 5.74) is 3.40. The average molecular weight is 408 g/mol. The maximum Gasteiger partial charge on any atom is 0.191 e. The molecule has 0 aliphatic carbocycles. The number of fused-ring (bicyclic) bond motifs is 1. The average Bonchev–Trinajstić information content (AvgIpc) is 3.17. The summed E-state index contributed by atoms with van der Waals surface area (Å²) in [7, 11) is 1.81. The standard InChI is InChI=1S/C24H30FN5/c1-26-24(27-12-9-19-16-28-23-15-20(25)7-8-22(19)23)29-21-10-13-30(14-11-21)17-18-5-3-2-4-6-18/h2-8,15-16,21,28H,9-14,17H2,1H3,(H2,26,27,29). The molecule has 0 bridgehead atoms. The van der Waals surface area contributed by atoms with Gasteiger partial charge in [-0.3, -0.25) is 9.89 Å². The Bertz CT molecular complexity index is 974. The zero-order valence-electron chi connectivity index (χ0n) is 17.5. The van der Waals surface area contributed by atoms with Crippen molar-refractivity contribution in [3.05, 3.63) is 71.7 Å². The van der Waals surface area contributed by atoms with Crippen LogP contribution in [0.15, 0.2) is 59.7 Å². The number of nitrogens with one attached hydrogen (secondary N) is 3. The molecule has 0 radical (unpaired) electrons. The summed E-state index contributed by atoms with van der Waals surface area (Å²) in [6.45, 7) is 3.98. The first kappa shape index (κ1) is 20.4. The number of hydrogen-bond acceptors (Lipinski definition) is 2. The van der Waals surface area contributed by atoms with Crippen molar-refractivity contribution in [3.63, 3.8) is 0 Å². The largest absolute Gasteiger partial charge is 0.361 e. The molecule has 1 aliphatic rings. The zero-order chi connectivity index (χ0) is 20.8. The molecule has 4 rings (SSSR count). The fraction of sp³-hybridized carbons (Fsp3) is 0.375. The van der Waals surface area contributed by atoms with Crippen LogP contribution in [0.5, 0.6) is 0 Å². The Morgan fingerprint density at radius 1 is 1.17 bits per heavy atom. The number of halogens is 1. The Balaban J connectivity index is 1.21. The van der Waals surface area contributed by atoms with Gasteiger partial charge in [-0.05, 0) is 48.6 Å². The smallest absolute Gasteiger partial charge is 0.191 e. The highest BCUT2D eigenvalue weighted by Crippen LogP contribution is 2.19. The number of guanidine groups is 1. The Kier molecular flexibility index (Phi) is 6.64. The molecule has 3 N–H and O–H groups in total. The second kappa shape index (κ2) is 9.76. The number of rotatable bonds is 6. The van der Waals surface area contributed by atoms with E-state index in [2.05, 4.69) is 55.8 Å². The van der Waals surface area contributed by atoms with E-state index in [4.69, 9.17) is 0 Å². The molecule has 1 aliphatic heterocycles. The van der Waals surface area contributed by atoms with Crippen molar-refractivity contribution in [3.8, 4) is 0 Å². The number of aliphatic imine (C=N–C) groups is 1. The summed E-state index contributed by atoms with van der Waals surface area (Å²) in [4.78, 5) is 10.1. The predicted molar refractivity (Wildman–Crippen MR) is 121 cm³/mol. The molecule has 30 heavy (non-hydrogen) atoms. The third kappa shape index (κ3) is 5.19. The van der Waals surface area contributed by atoms with Crippen molar-refractivity contribution in [1.29, 1.82) is 0 Å². The van der Waals surface area contributed by atoms with Crippen LogP contribution >= 0.6 is 0 Å². The Labute approximate surface area is 177 Å². The lowest BCUT2D eigenvalue weighted by molar-refractivity contribution is 0.198. The van der Waals surface area contributed by atoms with Gasteiger partial charge in [-0.25, -0.2) is 4.39 Å². The number of H-pyrrole nitrogens is 1. The van der Waals surface area contributed by atoms with E-state index >= 15 is 0 Å². The molecule has 0 amide bonds. The minimum absolute atomic E-state index is 0.214. The van der Waals surface area contributed by atoms with Crippen LogP contribution in [-0.2, 0) is 13.0 Å². The molecule has 158 valence electrons. The van der Waals surface area contributed by atoms with Gasteiger partial charge in [0.15, 0.2) is 5.96 Å². The van der Waals surface area contributed by atoms with E-state index in [9.17, 15) is 4.39 Å². The van der Waals surface area contributed by atoms with Gasteiger partial charge < -0.3 is 15.6 Å². The number of benzene rings is 2. The maximum atomic E-state index is 13.3. The molecule has 0 spiro atoms. The first-order chi connectivity index (χ1) is 14.7. The number of likely N-dealkylation sites (tertiary alicyclic amines) is 1. The van der Waals surface area contributed by atoms with Gasteiger partial charge in [0.1, 0.15) is 5.82 Å². The van der Waals surface area contributed by atoms with Gasteiger partial charge >= 0.3 is 0 Å². The molecule has 6 heteroatoms. The topological polar surface area (TPSA) is 55.5 Å². The summed E-state index contributed by atoms with van der Waals surface area (Å²) >= 11 is 0. The van der Waals surface area contributed by atoms with Gasteiger partial charge in [-0.1, -0.05) is 30.3 Å². The Morgan fingerprint density at radius 3 is 2.73 bits per heavy atom. The Morgan fingerprint density at radius 2 is 1.97 bits per heavy atom. The molecule has 5 nitrogen and oxygen atoms in total. The molecule has 0 atom stereocenters. The summed E-state index contributed by atoms with van der Waals surface area (Å²) in [5.74, 6) is 0.635. The maximum absolute atomic E-state index is 13.3. The van der Waals surface area contributed by atoms with Gasteiger partial charge in [0, 0.05) is 56.4 Å². The van der Waals surface area contributed by atoms with Crippen molar-refractivity contribution < 1.29 is 4.39 Å². The van der Waals surface area contributed by atoms with Crippen LogP contribution in [0, 0.1) is 5.82 Å². The Hall–Kier alpha value is -2.86. The van der Waals surface area contributed by atoms with E-state index < -0.39 is 0 Å². The molecular formula is C24H30FN5. The highest BCUT2D eigenvalue weighted by molar-refractivity contribution is 5.83. The van der Waals surface area contributed by atoms with Crippen LogP contribution in [0.2, 0.25) is 0 Å². The lowest BCUT2D eigenvalue weighted by Gasteiger charge is -2.33. The van der Waals surface area contributed by atoms with Crippen LogP contribution in [0.3, 0.4) is 0 Å². The van der Waals surface area contributed by atoms with Crippen molar-refractivity contribution in [2.75, 3.05) is 26.7 Å². The van der Waals surface area contributed by atoms with Crippen LogP contribution < -0.4 is 10.6 Å². The predicted octanol–water partition coefficient (Wildman–Crippen LogP) is 3.68. The first-order valence-corrected chi connectivity index (χ1v) is 10.7. The van der Waals surface area contributed by atoms with Crippen molar-refractivity contribution in [2.45, 2.75) is 31.8 Å². The molecule has 0 saturated carbocycles. The monoisotopic (exact) mass is 407 g/mol. The third-order valence-electron chi connectivity index (χ3n) is 5.82. The second-order valence-electron chi connectivity index (χ2n) is 7.93. The van der Waals surface area contributed by atoms with E-state index in [1.807, 2.05) is 19.3 Å². The number of aromatic nitrogens is 1. The van der Waals surface area contributed by atoms with Gasteiger partial charge in [0.05, 0.1) is 0 Å². The lowest BCUT2D eigenvalue weighted by Crippen LogP contribution is -2.48. The highest BCUT2D eigenvalue weighted by Gasteiger charge is 2.20. The van der Waals surface area contributed by atoms with E-state index in [0.29, 0.717) is 6.04 Å². The first-order valence-electron chi connectivity index (χ1n) is 10.7. The molecular weight excluding hydrogens is 377 g/mol. The zero-order valence-corrected chi connectivity index (χ0v) is 17.5. The SMILES string of the molecule is CN=C(NCCc1c[nH]c2cc(F)ccc12)NC1CCN(Cc2ccccc2)CC1. The van der Waals surface area contributed by atoms with Crippen LogP contribution in [0.4, 0.5) is 4.39 Å². The normalized spacial score (nSPS) is 16.1. The molecule has 2 heterocycles. The van der Waals surface area contributed by atoms with Gasteiger partial charge in [-0.2, -0.15) is 0 Å². The minimum atomic E-state index is -0.214. The molecule has 1 saturated heterocycles. The minimum Gasteiger partial charge on any atom is -0.361 e. The number of piperidine rings is 1. The fourth-order valence-electron chi connectivity index (χ4n) is 4.15. The van der Waals surface area contributed by atoms with Crippen LogP contribution in [-0.4, -0.2) is 48.6 Å². The molecule has 3 aromatic rings. The van der Waals surface area contributed by atoms with Crippen molar-refractivity contribution in [1.82, 2.24) is 20.5 Å². The number of aromatic amines is 1. The second-order valence-corrected chi connectivity index (χ2v) is 7.93. The lowest BCUT2D eigenvalue weighted by atomic mass is 10.0. The van der Waals surface area contributed by atoms with E-state index in [1.165, 1.54) is 23.3 Å². The fourth-order valence-corrected chi connectivity index (χ4v) is 4.15. The molecule has 0 unspecified atom stereocenters. The van der Waals surface area contributed by atoms with Crippen molar-refractivity contribution in [2.24, 2.45) is 4.99 Å². The summed E-state index contributed by atoms with van der Waals surface area (Å²) in [5, 5.41) is 8.06. The summed E-state index contributed by atoms with van der Waals surface area (Å²) in [6.07, 6.45) is 5.04. The van der Waals surface area contributed by atoms with Crippen LogP contribution in [0.1, 0.15) is 24.0 Å². The highest BCUT2D eigenvalue weighted by atomic mass is 19.1. The summed E-state index contributed by atoms with van der Waals surface area (Å²) < 4.78 is 13.3. The number of nitrogens with zero attached hydrogens (tertiary/aromatic N) is 2. The molecule has 1 fully saturated rings. The van der Waals surface area contributed by atoms with E-state index in [1.54, 1.807) is 0 Å². The van der Waals surface area contributed by atoms with Crippen LogP contribution in [0.25, 0.3) is 10.9 Å². The van der Waals surface area contributed by atoms with Gasteiger partial charge in [0.2, 0.25) is 0 Å². The third-order valence-corrected chi connectivity index (χ3v) is 5.82. The molecule has 1 aromatic heterocycles. The quantitative estimate of drug-likeness (QED) is 0.432. The van der Waals surface area contributed by atoms with Gasteiger partial charge in [0.25, 0.3) is 0 Å². The summed E-state index contributed by atoms with van der Waals surface area (Å²) in [6, 6.07) is 16.0. The molecule has 2 aromatic carbocycles. The van der Waals surface area contributed by atoms with Crippen molar-refractivity contribution >= 4 is 16.9 Å². The van der Waals surface area contributed by atoms with E-state index in [-0.39, 0.29) is 5.82 Å². The van der Waals surface area contributed by atoms with E-state index in [0.717, 1.165) is 62.3 Å². The number of hydrogen-bond donors (Lipinski definition) is 3. The van der Waals surface area contributed by atoms with Gasteiger partial charge in [-0.15, -0.1) is 0 Å².